The van der Waals surface area contributed by atoms with E-state index in [9.17, 15) is 9.59 Å². The fourth-order valence-electron chi connectivity index (χ4n) is 5.53. The number of aromatic nitrogens is 4. The number of nitrogens with one attached hydrogen (secondary N) is 1. The molecule has 0 saturated carbocycles. The zero-order valence-electron chi connectivity index (χ0n) is 22.4. The molecule has 1 fully saturated rings. The summed E-state index contributed by atoms with van der Waals surface area (Å²) in [5, 5.41) is 3.20. The average molecular weight is 541 g/mol. The van der Waals surface area contributed by atoms with Gasteiger partial charge in [0.15, 0.2) is 0 Å². The summed E-state index contributed by atoms with van der Waals surface area (Å²) in [5.41, 5.74) is 6.23. The molecule has 41 heavy (non-hydrogen) atoms. The molecule has 0 spiro atoms. The number of piperidine rings is 1. The summed E-state index contributed by atoms with van der Waals surface area (Å²) in [6, 6.07) is 26.9. The molecule has 1 saturated heterocycles. The standard InChI is InChI=1S/C33H28N6O2/c40-32(27-11-2-1-10-26(27)29-22-39-17-6-4-13-31(39)36-29)34-25-14-18-37(19-15-25)33(41)24-9-7-8-23(20-24)28-21-38-16-5-3-12-30(38)35-28/h1-13,16-17,20-22,25H,14-15,18-19H2,(H,34,40). The molecule has 2 amide bonds. The first-order valence-electron chi connectivity index (χ1n) is 13.8. The maximum atomic E-state index is 13.4. The van der Waals surface area contributed by atoms with Crippen LogP contribution in [0, 0.1) is 0 Å². The summed E-state index contributed by atoms with van der Waals surface area (Å²) in [4.78, 5) is 38.0. The zero-order valence-corrected chi connectivity index (χ0v) is 22.4. The quantitative estimate of drug-likeness (QED) is 0.320. The number of carbonyl (C=O) groups excluding carboxylic acids is 2. The van der Waals surface area contributed by atoms with Gasteiger partial charge in [-0.3, -0.25) is 9.59 Å². The first kappa shape index (κ1) is 24.8. The van der Waals surface area contributed by atoms with Gasteiger partial charge in [-0.1, -0.05) is 42.5 Å². The van der Waals surface area contributed by atoms with Crippen LogP contribution in [0.5, 0.6) is 0 Å². The Labute approximate surface area is 236 Å². The summed E-state index contributed by atoms with van der Waals surface area (Å²) in [6.45, 7) is 1.16. The summed E-state index contributed by atoms with van der Waals surface area (Å²) >= 11 is 0. The van der Waals surface area contributed by atoms with Gasteiger partial charge >= 0.3 is 0 Å². The third-order valence-corrected chi connectivity index (χ3v) is 7.70. The molecule has 0 bridgehead atoms. The van der Waals surface area contributed by atoms with Gasteiger partial charge in [-0.15, -0.1) is 0 Å². The number of fused-ring (bicyclic) bond motifs is 2. The monoisotopic (exact) mass is 540 g/mol. The highest BCUT2D eigenvalue weighted by molar-refractivity contribution is 6.01. The van der Waals surface area contributed by atoms with Crippen LogP contribution < -0.4 is 5.32 Å². The van der Waals surface area contributed by atoms with Crippen molar-refractivity contribution < 1.29 is 9.59 Å². The highest BCUT2D eigenvalue weighted by Gasteiger charge is 2.26. The highest BCUT2D eigenvalue weighted by Crippen LogP contribution is 2.25. The van der Waals surface area contributed by atoms with Gasteiger partial charge in [0.1, 0.15) is 11.3 Å². The molecular formula is C33H28N6O2. The van der Waals surface area contributed by atoms with Crippen molar-refractivity contribution in [2.24, 2.45) is 0 Å². The smallest absolute Gasteiger partial charge is 0.253 e. The number of rotatable bonds is 5. The molecule has 4 aromatic heterocycles. The molecule has 202 valence electrons. The van der Waals surface area contributed by atoms with Gasteiger partial charge in [-0.25, -0.2) is 9.97 Å². The molecule has 8 heteroatoms. The van der Waals surface area contributed by atoms with Crippen molar-refractivity contribution in [1.29, 1.82) is 0 Å². The van der Waals surface area contributed by atoms with Crippen molar-refractivity contribution in [3.63, 3.8) is 0 Å². The molecule has 0 atom stereocenters. The molecular weight excluding hydrogens is 512 g/mol. The summed E-state index contributed by atoms with van der Waals surface area (Å²) in [5.74, 6) is -0.125. The number of hydrogen-bond donors (Lipinski definition) is 1. The number of hydrogen-bond acceptors (Lipinski definition) is 4. The minimum atomic E-state index is -0.123. The first-order chi connectivity index (χ1) is 20.1. The second-order valence-electron chi connectivity index (χ2n) is 10.4. The Morgan fingerprint density at radius 1 is 0.732 bits per heavy atom. The normalized spacial score (nSPS) is 14.0. The van der Waals surface area contributed by atoms with Crippen LogP contribution in [0.15, 0.2) is 110 Å². The fourth-order valence-corrected chi connectivity index (χ4v) is 5.53. The lowest BCUT2D eigenvalue weighted by molar-refractivity contribution is 0.0698. The highest BCUT2D eigenvalue weighted by atomic mass is 16.2. The first-order valence-corrected chi connectivity index (χ1v) is 13.8. The molecule has 7 rings (SSSR count). The van der Waals surface area contributed by atoms with E-state index in [0.717, 1.165) is 33.8 Å². The van der Waals surface area contributed by atoms with Crippen LogP contribution in [0.25, 0.3) is 33.8 Å². The number of imidazole rings is 2. The van der Waals surface area contributed by atoms with Crippen LogP contribution in [0.1, 0.15) is 33.6 Å². The van der Waals surface area contributed by atoms with Crippen LogP contribution in [-0.2, 0) is 0 Å². The topological polar surface area (TPSA) is 84.0 Å². The van der Waals surface area contributed by atoms with Crippen molar-refractivity contribution in [3.8, 4) is 22.5 Å². The van der Waals surface area contributed by atoms with E-state index in [-0.39, 0.29) is 17.9 Å². The molecule has 0 aliphatic carbocycles. The third-order valence-electron chi connectivity index (χ3n) is 7.70. The Hall–Kier alpha value is -5.24. The van der Waals surface area contributed by atoms with Crippen LogP contribution in [0.2, 0.25) is 0 Å². The largest absolute Gasteiger partial charge is 0.349 e. The number of likely N-dealkylation sites (tertiary alicyclic amines) is 1. The van der Waals surface area contributed by atoms with E-state index in [1.165, 1.54) is 0 Å². The van der Waals surface area contributed by atoms with Crippen molar-refractivity contribution in [2.45, 2.75) is 18.9 Å². The SMILES string of the molecule is O=C(NC1CCN(C(=O)c2cccc(-c3cn4ccccc4n3)c2)CC1)c1ccccc1-c1cn2ccccc2n1. The fraction of sp³-hybridized carbons (Fsp3) is 0.152. The van der Waals surface area contributed by atoms with E-state index in [4.69, 9.17) is 4.98 Å². The number of pyridine rings is 2. The Kier molecular flexibility index (Phi) is 6.28. The van der Waals surface area contributed by atoms with Gasteiger partial charge in [-0.2, -0.15) is 0 Å². The average Bonchev–Trinajstić information content (AvgIpc) is 3.66. The number of nitrogens with zero attached hydrogens (tertiary/aromatic N) is 5. The maximum absolute atomic E-state index is 13.4. The number of carbonyl (C=O) groups is 2. The Balaban J connectivity index is 1.01. The van der Waals surface area contributed by atoms with Crippen LogP contribution >= 0.6 is 0 Å². The molecule has 0 radical (unpaired) electrons. The third kappa shape index (κ3) is 4.84. The lowest BCUT2D eigenvalue weighted by atomic mass is 10.0. The van der Waals surface area contributed by atoms with Gasteiger partial charge in [0.05, 0.1) is 11.4 Å². The minimum absolute atomic E-state index is 0.00224. The predicted molar refractivity (Wildman–Crippen MR) is 158 cm³/mol. The Bertz CT molecular complexity index is 1830. The minimum Gasteiger partial charge on any atom is -0.349 e. The molecule has 1 aliphatic heterocycles. The molecule has 2 aromatic carbocycles. The van der Waals surface area contributed by atoms with Crippen LogP contribution in [0.3, 0.4) is 0 Å². The van der Waals surface area contributed by atoms with Gasteiger partial charge in [0, 0.05) is 66.2 Å². The van der Waals surface area contributed by atoms with Gasteiger partial charge in [0.2, 0.25) is 0 Å². The number of benzene rings is 2. The lowest BCUT2D eigenvalue weighted by Gasteiger charge is -2.32. The van der Waals surface area contributed by atoms with Crippen molar-refractivity contribution in [2.75, 3.05) is 13.1 Å². The van der Waals surface area contributed by atoms with E-state index < -0.39 is 0 Å². The molecule has 8 nitrogen and oxygen atoms in total. The van der Waals surface area contributed by atoms with E-state index in [0.29, 0.717) is 37.1 Å². The van der Waals surface area contributed by atoms with E-state index in [1.807, 2.05) is 123 Å². The zero-order chi connectivity index (χ0) is 27.8. The summed E-state index contributed by atoms with van der Waals surface area (Å²) in [7, 11) is 0. The maximum Gasteiger partial charge on any atom is 0.253 e. The van der Waals surface area contributed by atoms with Gasteiger partial charge < -0.3 is 19.0 Å². The van der Waals surface area contributed by atoms with Gasteiger partial charge in [0.25, 0.3) is 11.8 Å². The van der Waals surface area contributed by atoms with Crippen molar-refractivity contribution >= 4 is 23.1 Å². The number of amides is 2. The van der Waals surface area contributed by atoms with E-state index in [1.54, 1.807) is 0 Å². The Morgan fingerprint density at radius 3 is 2.12 bits per heavy atom. The molecule has 5 heterocycles. The van der Waals surface area contributed by atoms with Gasteiger partial charge in [-0.05, 0) is 55.3 Å². The predicted octanol–water partition coefficient (Wildman–Crippen LogP) is 5.35. The summed E-state index contributed by atoms with van der Waals surface area (Å²) in [6.07, 6.45) is 9.21. The van der Waals surface area contributed by atoms with Crippen molar-refractivity contribution in [1.82, 2.24) is 29.0 Å². The van der Waals surface area contributed by atoms with E-state index in [2.05, 4.69) is 10.3 Å². The molecule has 6 aromatic rings. The lowest BCUT2D eigenvalue weighted by Crippen LogP contribution is -2.46. The molecule has 1 N–H and O–H groups in total. The molecule has 0 unspecified atom stereocenters. The Morgan fingerprint density at radius 2 is 1.39 bits per heavy atom. The van der Waals surface area contributed by atoms with E-state index >= 15 is 0 Å². The second-order valence-corrected chi connectivity index (χ2v) is 10.4. The summed E-state index contributed by atoms with van der Waals surface area (Å²) < 4.78 is 3.92. The van der Waals surface area contributed by atoms with Crippen LogP contribution in [-0.4, -0.2) is 54.6 Å². The second kappa shape index (κ2) is 10.4. The van der Waals surface area contributed by atoms with Crippen molar-refractivity contribution in [3.05, 3.63) is 121 Å². The molecule has 1 aliphatic rings. The van der Waals surface area contributed by atoms with Crippen LogP contribution in [0.4, 0.5) is 0 Å².